The van der Waals surface area contributed by atoms with Crippen molar-refractivity contribution >= 4 is 17.0 Å². The van der Waals surface area contributed by atoms with Crippen LogP contribution in [0, 0.1) is 0 Å². The zero-order chi connectivity index (χ0) is 25.1. The summed E-state index contributed by atoms with van der Waals surface area (Å²) in [5, 5.41) is 13.9. The smallest absolute Gasteiger partial charge is 0.240 e. The first-order chi connectivity index (χ1) is 17.5. The van der Waals surface area contributed by atoms with Gasteiger partial charge < -0.3 is 19.9 Å². The molecular weight excluding hydrogens is 462 g/mol. The number of aliphatic hydroxyl groups is 1. The van der Waals surface area contributed by atoms with Crippen molar-refractivity contribution in [1.29, 1.82) is 0 Å². The predicted octanol–water partition coefficient (Wildman–Crippen LogP) is 4.39. The Hall–Kier alpha value is -2.62. The van der Waals surface area contributed by atoms with E-state index in [4.69, 9.17) is 4.98 Å². The van der Waals surface area contributed by atoms with Crippen LogP contribution in [0.2, 0.25) is 0 Å². The molecule has 0 bridgehead atoms. The maximum Gasteiger partial charge on any atom is 0.240 e. The Kier molecular flexibility index (Phi) is 7.79. The molecule has 3 aromatic rings. The molecule has 2 N–H and O–H groups in total. The molecule has 1 saturated heterocycles. The van der Waals surface area contributed by atoms with Gasteiger partial charge >= 0.3 is 0 Å². The molecule has 0 amide bonds. The van der Waals surface area contributed by atoms with Gasteiger partial charge in [-0.1, -0.05) is 24.3 Å². The lowest BCUT2D eigenvalue weighted by molar-refractivity contribution is 0.111. The molecule has 9 heteroatoms. The van der Waals surface area contributed by atoms with Gasteiger partial charge in [-0.2, -0.15) is 4.98 Å². The highest BCUT2D eigenvalue weighted by Crippen LogP contribution is 2.36. The zero-order valence-corrected chi connectivity index (χ0v) is 20.9. The molecule has 1 aliphatic carbocycles. The lowest BCUT2D eigenvalue weighted by Gasteiger charge is -2.32. The van der Waals surface area contributed by atoms with Crippen LogP contribution in [0.3, 0.4) is 0 Å². The van der Waals surface area contributed by atoms with Crippen LogP contribution in [-0.2, 0) is 6.54 Å². The number of aliphatic hydroxyl groups excluding tert-OH is 1. The summed E-state index contributed by atoms with van der Waals surface area (Å²) in [6.45, 7) is 5.47. The van der Waals surface area contributed by atoms with Crippen molar-refractivity contribution in [2.24, 2.45) is 0 Å². The summed E-state index contributed by atoms with van der Waals surface area (Å²) in [7, 11) is 2.17. The number of likely N-dealkylation sites (N-methyl/N-ethyl adjacent to an activating group) is 1. The summed E-state index contributed by atoms with van der Waals surface area (Å²) in [5.41, 5.74) is 4.29. The van der Waals surface area contributed by atoms with Crippen LogP contribution < -0.4 is 5.32 Å². The molecule has 2 aliphatic rings. The quantitative estimate of drug-likeness (QED) is 0.480. The van der Waals surface area contributed by atoms with E-state index in [0.717, 1.165) is 80.6 Å². The van der Waals surface area contributed by atoms with Gasteiger partial charge in [0.2, 0.25) is 12.4 Å². The molecule has 36 heavy (non-hydrogen) atoms. The second kappa shape index (κ2) is 11.2. The third-order valence-corrected chi connectivity index (χ3v) is 7.54. The summed E-state index contributed by atoms with van der Waals surface area (Å²) < 4.78 is 27.4. The fraction of sp³-hybridized carbons (Fsp3) is 0.556. The van der Waals surface area contributed by atoms with Gasteiger partial charge in [-0.3, -0.25) is 4.90 Å². The van der Waals surface area contributed by atoms with Crippen molar-refractivity contribution in [3.63, 3.8) is 0 Å². The van der Waals surface area contributed by atoms with E-state index in [1.165, 1.54) is 5.56 Å². The van der Waals surface area contributed by atoms with Crippen LogP contribution in [0.5, 0.6) is 0 Å². The summed E-state index contributed by atoms with van der Waals surface area (Å²) >= 11 is 0. The van der Waals surface area contributed by atoms with Gasteiger partial charge in [0.1, 0.15) is 5.65 Å². The Morgan fingerprint density at radius 2 is 1.78 bits per heavy atom. The standard InChI is InChI=1S/C27H36F2N6O/c1-33-12-14-34(15-13-33)17-19-2-4-20(5-3-19)24-18-35(21-6-8-22(36)9-7-21)26-23(24)16-31-27(32-26)30-11-10-25(28)29/h2-5,16,18,21-22,25,36H,6-15,17H2,1H3,(H,30,31,32). The Bertz CT molecular complexity index is 1140. The van der Waals surface area contributed by atoms with Gasteiger partial charge in [-0.25, -0.2) is 13.8 Å². The van der Waals surface area contributed by atoms with Crippen LogP contribution >= 0.6 is 0 Å². The number of benzene rings is 1. The summed E-state index contributed by atoms with van der Waals surface area (Å²) in [5.74, 6) is 0.368. The fourth-order valence-electron chi connectivity index (χ4n) is 5.31. The predicted molar refractivity (Wildman–Crippen MR) is 138 cm³/mol. The molecular formula is C27H36F2N6O. The third kappa shape index (κ3) is 5.85. The molecule has 5 rings (SSSR count). The van der Waals surface area contributed by atoms with Crippen LogP contribution in [0.15, 0.2) is 36.7 Å². The minimum atomic E-state index is -2.36. The van der Waals surface area contributed by atoms with Crippen molar-refractivity contribution in [1.82, 2.24) is 24.3 Å². The number of fused-ring (bicyclic) bond motifs is 1. The molecule has 194 valence electrons. The van der Waals surface area contributed by atoms with Crippen molar-refractivity contribution in [2.75, 3.05) is 45.1 Å². The molecule has 2 aromatic heterocycles. The number of aromatic nitrogens is 3. The Balaban J connectivity index is 1.40. The maximum atomic E-state index is 12.6. The Labute approximate surface area is 211 Å². The minimum Gasteiger partial charge on any atom is -0.393 e. The molecule has 1 saturated carbocycles. The number of nitrogens with zero attached hydrogens (tertiary/aromatic N) is 5. The van der Waals surface area contributed by atoms with Gasteiger partial charge in [0.05, 0.1) is 6.10 Å². The van der Waals surface area contributed by atoms with E-state index in [2.05, 4.69) is 62.2 Å². The number of alkyl halides is 2. The molecule has 0 radical (unpaired) electrons. The van der Waals surface area contributed by atoms with E-state index < -0.39 is 6.43 Å². The van der Waals surface area contributed by atoms with Crippen molar-refractivity contribution in [2.45, 2.75) is 57.2 Å². The SMILES string of the molecule is CN1CCN(Cc2ccc(-c3cn(C4CCC(O)CC4)c4nc(NCCC(F)F)ncc34)cc2)CC1. The number of anilines is 1. The second-order valence-electron chi connectivity index (χ2n) is 10.2. The average molecular weight is 499 g/mol. The Morgan fingerprint density at radius 1 is 1.06 bits per heavy atom. The molecule has 1 aliphatic heterocycles. The van der Waals surface area contributed by atoms with E-state index >= 15 is 0 Å². The van der Waals surface area contributed by atoms with Gasteiger partial charge in [0.25, 0.3) is 0 Å². The highest BCUT2D eigenvalue weighted by Gasteiger charge is 2.24. The second-order valence-corrected chi connectivity index (χ2v) is 10.2. The highest BCUT2D eigenvalue weighted by molar-refractivity contribution is 5.94. The largest absolute Gasteiger partial charge is 0.393 e. The number of hydrogen-bond donors (Lipinski definition) is 2. The lowest BCUT2D eigenvalue weighted by Crippen LogP contribution is -2.43. The van der Waals surface area contributed by atoms with Gasteiger partial charge in [0, 0.05) is 75.1 Å². The van der Waals surface area contributed by atoms with E-state index in [0.29, 0.717) is 5.95 Å². The number of halogens is 2. The van der Waals surface area contributed by atoms with Crippen LogP contribution in [0.25, 0.3) is 22.2 Å². The van der Waals surface area contributed by atoms with Crippen molar-refractivity contribution in [3.05, 3.63) is 42.2 Å². The van der Waals surface area contributed by atoms with E-state index in [9.17, 15) is 13.9 Å². The molecule has 3 heterocycles. The number of hydrogen-bond acceptors (Lipinski definition) is 6. The molecule has 2 fully saturated rings. The van der Waals surface area contributed by atoms with Crippen LogP contribution in [0.4, 0.5) is 14.7 Å². The summed E-state index contributed by atoms with van der Waals surface area (Å²) in [6, 6.07) is 8.99. The lowest BCUT2D eigenvalue weighted by atomic mass is 9.93. The molecule has 1 aromatic carbocycles. The van der Waals surface area contributed by atoms with E-state index in [1.54, 1.807) is 6.20 Å². The number of nitrogens with one attached hydrogen (secondary N) is 1. The maximum absolute atomic E-state index is 12.6. The van der Waals surface area contributed by atoms with Crippen LogP contribution in [0.1, 0.15) is 43.7 Å². The highest BCUT2D eigenvalue weighted by atomic mass is 19.3. The monoisotopic (exact) mass is 498 g/mol. The summed E-state index contributed by atoms with van der Waals surface area (Å²) in [6.07, 6.45) is 4.42. The van der Waals surface area contributed by atoms with E-state index in [-0.39, 0.29) is 25.1 Å². The molecule has 0 unspecified atom stereocenters. The molecule has 0 spiro atoms. The Morgan fingerprint density at radius 3 is 2.47 bits per heavy atom. The summed E-state index contributed by atoms with van der Waals surface area (Å²) in [4.78, 5) is 14.0. The van der Waals surface area contributed by atoms with Crippen LogP contribution in [-0.4, -0.2) is 81.7 Å². The first kappa shape index (κ1) is 25.0. The minimum absolute atomic E-state index is 0.126. The third-order valence-electron chi connectivity index (χ3n) is 7.54. The zero-order valence-electron chi connectivity index (χ0n) is 20.9. The van der Waals surface area contributed by atoms with Crippen molar-refractivity contribution < 1.29 is 13.9 Å². The normalized spacial score (nSPS) is 21.9. The molecule has 7 nitrogen and oxygen atoms in total. The first-order valence-electron chi connectivity index (χ1n) is 13.0. The topological polar surface area (TPSA) is 69.5 Å². The van der Waals surface area contributed by atoms with E-state index in [1.807, 2.05) is 0 Å². The number of rotatable bonds is 8. The molecule has 0 atom stereocenters. The fourth-order valence-corrected chi connectivity index (χ4v) is 5.31. The average Bonchev–Trinajstić information content (AvgIpc) is 3.25. The van der Waals surface area contributed by atoms with Gasteiger partial charge in [-0.05, 0) is 43.9 Å². The number of piperazine rings is 1. The first-order valence-corrected chi connectivity index (χ1v) is 13.0. The van der Waals surface area contributed by atoms with Gasteiger partial charge in [0.15, 0.2) is 0 Å². The van der Waals surface area contributed by atoms with Gasteiger partial charge in [-0.15, -0.1) is 0 Å². The van der Waals surface area contributed by atoms with Crippen molar-refractivity contribution in [3.8, 4) is 11.1 Å².